The van der Waals surface area contributed by atoms with Crippen LogP contribution in [0.5, 0.6) is 23.0 Å². The summed E-state index contributed by atoms with van der Waals surface area (Å²) in [4.78, 5) is 39.6. The van der Waals surface area contributed by atoms with Crippen molar-refractivity contribution >= 4 is 93.9 Å². The molecule has 0 aliphatic rings. The molecule has 0 atom stereocenters. The van der Waals surface area contributed by atoms with Gasteiger partial charge in [0.1, 0.15) is 45.3 Å². The second-order valence-electron chi connectivity index (χ2n) is 10.5. The fourth-order valence-corrected chi connectivity index (χ4v) is 5.41. The molecule has 4 aromatic rings. The van der Waals surface area contributed by atoms with Crippen LogP contribution in [0.1, 0.15) is 55.3 Å². The molecule has 0 aliphatic heterocycles. The molecular formula is C32H36NaO26S4. The van der Waals surface area contributed by atoms with Crippen LogP contribution in [0.3, 0.4) is 0 Å². The Morgan fingerprint density at radius 1 is 0.381 bits per heavy atom. The quantitative estimate of drug-likeness (QED) is 0.0863. The normalized spacial score (nSPS) is 10.5. The van der Waals surface area contributed by atoms with E-state index in [-0.39, 0.29) is 42.8 Å². The van der Waals surface area contributed by atoms with Crippen LogP contribution in [0.25, 0.3) is 0 Å². The SMILES string of the molecule is CCO.CCO.O=C(O)c1cc(S(=O)(=O)O)ccc1O.O=C(O)c1cc(S(=O)(=O)O)ccc1O.O=C(O)c1cc(S(=O)(=O)O)ccc1O.O=C(O)c1cc(S(=O)(=O)O)ccc1O.[Na]. The summed E-state index contributed by atoms with van der Waals surface area (Å²) in [6.45, 7) is 3.86. The molecule has 0 saturated carbocycles. The molecule has 0 aromatic heterocycles. The number of carboxylic acids is 4. The van der Waals surface area contributed by atoms with Crippen molar-refractivity contribution in [1.29, 1.82) is 0 Å². The van der Waals surface area contributed by atoms with Gasteiger partial charge in [-0.1, -0.05) is 0 Å². The molecular weight excluding hydrogens is 952 g/mol. The van der Waals surface area contributed by atoms with E-state index in [9.17, 15) is 52.8 Å². The predicted octanol–water partition coefficient (Wildman–Crippen LogP) is 0.965. The molecule has 0 amide bonds. The first kappa shape index (κ1) is 61.8. The number of phenols is 4. The number of aliphatic hydroxyl groups excluding tert-OH is 2. The number of carboxylic acid groups (broad SMARTS) is 4. The van der Waals surface area contributed by atoms with Crippen LogP contribution < -0.4 is 0 Å². The van der Waals surface area contributed by atoms with E-state index in [1.165, 1.54) is 0 Å². The van der Waals surface area contributed by atoms with Crippen molar-refractivity contribution in [2.45, 2.75) is 33.4 Å². The average molecular weight is 988 g/mol. The maximum atomic E-state index is 10.6. The van der Waals surface area contributed by atoms with Gasteiger partial charge in [0.05, 0.1) is 19.6 Å². The maximum absolute atomic E-state index is 10.6. The smallest absolute Gasteiger partial charge is 0.339 e. The average Bonchev–Trinajstić information content (AvgIpc) is 3.11. The zero-order chi connectivity index (χ0) is 49.1. The van der Waals surface area contributed by atoms with E-state index in [0.29, 0.717) is 24.3 Å². The minimum absolute atomic E-state index is 0. The number of aromatic carboxylic acids is 4. The third-order valence-corrected chi connectivity index (χ3v) is 9.38. The molecule has 0 bridgehead atoms. The fraction of sp³-hybridized carbons (Fsp3) is 0.125. The molecule has 0 fully saturated rings. The van der Waals surface area contributed by atoms with Crippen LogP contribution in [-0.4, -0.2) is 170 Å². The van der Waals surface area contributed by atoms with Gasteiger partial charge in [-0.05, 0) is 86.6 Å². The van der Waals surface area contributed by atoms with Gasteiger partial charge in [-0.3, -0.25) is 18.2 Å². The topological polar surface area (TPSA) is 488 Å². The molecule has 0 spiro atoms. The van der Waals surface area contributed by atoms with Crippen molar-refractivity contribution in [3.63, 3.8) is 0 Å². The van der Waals surface area contributed by atoms with Gasteiger partial charge in [-0.25, -0.2) is 19.2 Å². The van der Waals surface area contributed by atoms with E-state index in [1.807, 2.05) is 0 Å². The number of rotatable bonds is 8. The standard InChI is InChI=1S/4C7H6O6S.2C2H6O.Na/c4*8-6-2-1-4(14(11,12)13)3-5(6)7(9)10;2*1-2-3;/h4*1-3,8H,(H,9,10)(H,11,12,13);2*3H,2H2,1H3;. The van der Waals surface area contributed by atoms with Crippen LogP contribution in [0, 0.1) is 0 Å². The molecule has 26 nitrogen and oxygen atoms in total. The Morgan fingerprint density at radius 2 is 0.508 bits per heavy atom. The molecule has 1 radical (unpaired) electrons. The Balaban J connectivity index is -0.000000726. The molecule has 345 valence electrons. The van der Waals surface area contributed by atoms with Crippen molar-refractivity contribution in [3.8, 4) is 23.0 Å². The number of hydrogen-bond acceptors (Lipinski definition) is 18. The Bertz CT molecular complexity index is 2310. The van der Waals surface area contributed by atoms with Gasteiger partial charge in [-0.2, -0.15) is 33.7 Å². The summed E-state index contributed by atoms with van der Waals surface area (Å²) in [6.07, 6.45) is 0. The Kier molecular flexibility index (Phi) is 26.4. The van der Waals surface area contributed by atoms with Crippen LogP contribution in [-0.2, 0) is 40.5 Å². The molecule has 14 N–H and O–H groups in total. The Labute approximate surface area is 378 Å². The molecule has 0 saturated heterocycles. The first-order valence-electron chi connectivity index (χ1n) is 15.5. The second kappa shape index (κ2) is 26.9. The van der Waals surface area contributed by atoms with E-state index in [2.05, 4.69) is 0 Å². The van der Waals surface area contributed by atoms with Crippen molar-refractivity contribution in [2.24, 2.45) is 0 Å². The third kappa shape index (κ3) is 22.4. The summed E-state index contributed by atoms with van der Waals surface area (Å²) in [5.74, 6) is -8.17. The first-order valence-corrected chi connectivity index (χ1v) is 21.2. The van der Waals surface area contributed by atoms with Gasteiger partial charge >= 0.3 is 23.9 Å². The van der Waals surface area contributed by atoms with Crippen LogP contribution in [0.2, 0.25) is 0 Å². The van der Waals surface area contributed by atoms with Gasteiger partial charge < -0.3 is 51.1 Å². The van der Waals surface area contributed by atoms with E-state index in [1.54, 1.807) is 13.8 Å². The molecule has 4 rings (SSSR count). The van der Waals surface area contributed by atoms with Crippen molar-refractivity contribution in [3.05, 3.63) is 95.1 Å². The van der Waals surface area contributed by atoms with E-state index in [4.69, 9.17) is 69.3 Å². The second-order valence-corrected chi connectivity index (χ2v) is 16.2. The Morgan fingerprint density at radius 3 is 0.603 bits per heavy atom. The van der Waals surface area contributed by atoms with E-state index in [0.717, 1.165) is 48.5 Å². The number of aromatic hydroxyl groups is 4. The summed E-state index contributed by atoms with van der Waals surface area (Å²) in [7, 11) is -17.8. The van der Waals surface area contributed by atoms with Gasteiger partial charge in [0, 0.05) is 42.8 Å². The van der Waals surface area contributed by atoms with Gasteiger partial charge in [0.25, 0.3) is 40.5 Å². The van der Waals surface area contributed by atoms with Gasteiger partial charge in [0.2, 0.25) is 0 Å². The Hall–Kier alpha value is -5.48. The number of carbonyl (C=O) groups is 4. The minimum Gasteiger partial charge on any atom is -0.507 e. The number of aliphatic hydroxyl groups is 2. The number of hydrogen-bond donors (Lipinski definition) is 14. The van der Waals surface area contributed by atoms with E-state index < -0.39 is 129 Å². The molecule has 31 heteroatoms. The molecule has 63 heavy (non-hydrogen) atoms. The van der Waals surface area contributed by atoms with Crippen LogP contribution in [0.4, 0.5) is 0 Å². The molecule has 0 heterocycles. The summed E-state index contributed by atoms with van der Waals surface area (Å²) in [6, 6.07) is 9.82. The van der Waals surface area contributed by atoms with Gasteiger partial charge in [0.15, 0.2) is 0 Å². The molecule has 0 unspecified atom stereocenters. The largest absolute Gasteiger partial charge is 0.507 e. The first-order chi connectivity index (χ1) is 28.1. The number of benzene rings is 4. The molecule has 4 aromatic carbocycles. The van der Waals surface area contributed by atoms with Crippen molar-refractivity contribution < 1.29 is 122 Å². The summed E-state index contributed by atoms with van der Waals surface area (Å²) in [5, 5.41) is 85.3. The van der Waals surface area contributed by atoms with Crippen molar-refractivity contribution in [1.82, 2.24) is 0 Å². The zero-order valence-electron chi connectivity index (χ0n) is 32.1. The van der Waals surface area contributed by atoms with Gasteiger partial charge in [-0.15, -0.1) is 0 Å². The van der Waals surface area contributed by atoms with Crippen LogP contribution in [0.15, 0.2) is 92.4 Å². The van der Waals surface area contributed by atoms with Crippen LogP contribution >= 0.6 is 0 Å². The summed E-state index contributed by atoms with van der Waals surface area (Å²) < 4.78 is 119. The maximum Gasteiger partial charge on any atom is 0.339 e. The predicted molar refractivity (Wildman–Crippen MR) is 211 cm³/mol. The zero-order valence-corrected chi connectivity index (χ0v) is 37.4. The summed E-state index contributed by atoms with van der Waals surface area (Å²) in [5.41, 5.74) is -2.33. The minimum atomic E-state index is -4.45. The molecule has 0 aliphatic carbocycles. The third-order valence-electron chi connectivity index (χ3n) is 5.99. The van der Waals surface area contributed by atoms with Crippen molar-refractivity contribution in [2.75, 3.05) is 13.2 Å². The monoisotopic (exact) mass is 987 g/mol. The summed E-state index contributed by atoms with van der Waals surface area (Å²) >= 11 is 0. The fourth-order valence-electron chi connectivity index (χ4n) is 3.39. The van der Waals surface area contributed by atoms with E-state index >= 15 is 0 Å².